The molecule has 0 aromatic rings. The summed E-state index contributed by atoms with van der Waals surface area (Å²) < 4.78 is 0. The molecular formula is C17H33N. The zero-order valence-electron chi connectivity index (χ0n) is 13.5. The molecule has 0 aromatic carbocycles. The average molecular weight is 251 g/mol. The van der Waals surface area contributed by atoms with Gasteiger partial charge in [0.05, 0.1) is 0 Å². The third kappa shape index (κ3) is 4.88. The van der Waals surface area contributed by atoms with Gasteiger partial charge in [0.2, 0.25) is 0 Å². The van der Waals surface area contributed by atoms with E-state index in [4.69, 9.17) is 0 Å². The number of rotatable bonds is 8. The van der Waals surface area contributed by atoms with Crippen LogP contribution in [0.2, 0.25) is 0 Å². The topological polar surface area (TPSA) is 12.0 Å². The van der Waals surface area contributed by atoms with Gasteiger partial charge in [0.15, 0.2) is 0 Å². The fourth-order valence-corrected chi connectivity index (χ4v) is 3.00. The van der Waals surface area contributed by atoms with Crippen molar-refractivity contribution in [3.05, 3.63) is 24.4 Å². The second-order valence-corrected chi connectivity index (χ2v) is 6.57. The van der Waals surface area contributed by atoms with E-state index < -0.39 is 0 Å². The van der Waals surface area contributed by atoms with Crippen molar-refractivity contribution >= 4 is 0 Å². The molecule has 0 amide bonds. The van der Waals surface area contributed by atoms with Crippen LogP contribution in [0.5, 0.6) is 0 Å². The number of hydrogen-bond acceptors (Lipinski definition) is 1. The minimum atomic E-state index is 0.473. The normalized spacial score (nSPS) is 15.0. The van der Waals surface area contributed by atoms with Gasteiger partial charge < -0.3 is 5.32 Å². The third-order valence-corrected chi connectivity index (χ3v) is 3.69. The summed E-state index contributed by atoms with van der Waals surface area (Å²) in [5.41, 5.74) is 2.53. The first-order chi connectivity index (χ1) is 8.22. The molecule has 0 saturated heterocycles. The van der Waals surface area contributed by atoms with E-state index in [-0.39, 0.29) is 0 Å². The van der Waals surface area contributed by atoms with E-state index in [9.17, 15) is 0 Å². The van der Waals surface area contributed by atoms with Crippen LogP contribution in [0.15, 0.2) is 24.4 Å². The highest BCUT2D eigenvalue weighted by Crippen LogP contribution is 2.38. The van der Waals surface area contributed by atoms with Crippen LogP contribution in [0.25, 0.3) is 0 Å². The monoisotopic (exact) mass is 251 g/mol. The zero-order chi connectivity index (χ0) is 14.5. The standard InChI is InChI=1S/C17H33N/c1-11(2)10-14(7)16(12(3)4)17(13(5)6)15(8)18-9/h11-13,16-18H,7-8,10H2,1-6,9H3. The molecule has 2 atom stereocenters. The first-order valence-electron chi connectivity index (χ1n) is 7.26. The van der Waals surface area contributed by atoms with Gasteiger partial charge in [-0.25, -0.2) is 0 Å². The lowest BCUT2D eigenvalue weighted by Gasteiger charge is -2.36. The summed E-state index contributed by atoms with van der Waals surface area (Å²) in [5, 5.41) is 3.25. The van der Waals surface area contributed by atoms with Gasteiger partial charge in [-0.1, -0.05) is 60.3 Å². The summed E-state index contributed by atoms with van der Waals surface area (Å²) in [5.74, 6) is 2.86. The summed E-state index contributed by atoms with van der Waals surface area (Å²) in [6, 6.07) is 0. The van der Waals surface area contributed by atoms with Gasteiger partial charge in [0.25, 0.3) is 0 Å². The van der Waals surface area contributed by atoms with E-state index in [1.54, 1.807) is 0 Å². The molecule has 0 fully saturated rings. The van der Waals surface area contributed by atoms with E-state index in [2.05, 4.69) is 60.0 Å². The molecule has 0 bridgehead atoms. The second kappa shape index (κ2) is 7.66. The van der Waals surface area contributed by atoms with Crippen molar-refractivity contribution < 1.29 is 0 Å². The number of allylic oxidation sites excluding steroid dienone is 2. The molecule has 0 aliphatic heterocycles. The maximum Gasteiger partial charge on any atom is 0.00712 e. The molecule has 0 radical (unpaired) electrons. The maximum absolute atomic E-state index is 4.37. The Morgan fingerprint density at radius 3 is 1.61 bits per heavy atom. The van der Waals surface area contributed by atoms with E-state index in [0.29, 0.717) is 29.6 Å². The smallest absolute Gasteiger partial charge is 0.00712 e. The Labute approximate surface area is 115 Å². The van der Waals surface area contributed by atoms with Crippen LogP contribution in [0.4, 0.5) is 0 Å². The molecule has 1 heteroatoms. The zero-order valence-corrected chi connectivity index (χ0v) is 13.5. The summed E-state index contributed by atoms with van der Waals surface area (Å²) in [4.78, 5) is 0. The lowest BCUT2D eigenvalue weighted by Crippen LogP contribution is -2.32. The molecule has 0 saturated carbocycles. The second-order valence-electron chi connectivity index (χ2n) is 6.57. The predicted octanol–water partition coefficient (Wildman–Crippen LogP) is 4.87. The van der Waals surface area contributed by atoms with Gasteiger partial charge in [-0.3, -0.25) is 0 Å². The molecule has 0 heterocycles. The summed E-state index contributed by atoms with van der Waals surface area (Å²) >= 11 is 0. The van der Waals surface area contributed by atoms with Gasteiger partial charge in [0.1, 0.15) is 0 Å². The van der Waals surface area contributed by atoms with E-state index >= 15 is 0 Å². The van der Waals surface area contributed by atoms with Crippen molar-refractivity contribution in [3.8, 4) is 0 Å². The van der Waals surface area contributed by atoms with Crippen molar-refractivity contribution in [3.63, 3.8) is 0 Å². The van der Waals surface area contributed by atoms with Crippen LogP contribution < -0.4 is 5.32 Å². The Balaban J connectivity index is 5.16. The highest BCUT2D eigenvalue weighted by Gasteiger charge is 2.31. The van der Waals surface area contributed by atoms with Gasteiger partial charge in [-0.05, 0) is 30.1 Å². The van der Waals surface area contributed by atoms with Crippen molar-refractivity contribution in [1.29, 1.82) is 0 Å². The highest BCUT2D eigenvalue weighted by atomic mass is 14.8. The fraction of sp³-hybridized carbons (Fsp3) is 0.765. The molecule has 2 unspecified atom stereocenters. The quantitative estimate of drug-likeness (QED) is 0.607. The average Bonchev–Trinajstić information content (AvgIpc) is 2.22. The highest BCUT2D eigenvalue weighted by molar-refractivity contribution is 5.13. The molecule has 1 N–H and O–H groups in total. The van der Waals surface area contributed by atoms with Crippen LogP contribution in [0.1, 0.15) is 48.0 Å². The van der Waals surface area contributed by atoms with Crippen molar-refractivity contribution in [1.82, 2.24) is 5.32 Å². The van der Waals surface area contributed by atoms with E-state index in [0.717, 1.165) is 12.1 Å². The molecular weight excluding hydrogens is 218 g/mol. The van der Waals surface area contributed by atoms with Crippen LogP contribution in [-0.2, 0) is 0 Å². The minimum absolute atomic E-state index is 0.473. The molecule has 106 valence electrons. The van der Waals surface area contributed by atoms with Crippen molar-refractivity contribution in [2.24, 2.45) is 29.6 Å². The molecule has 0 aromatic heterocycles. The third-order valence-electron chi connectivity index (χ3n) is 3.69. The Morgan fingerprint density at radius 1 is 0.889 bits per heavy atom. The SMILES string of the molecule is C=C(CC(C)C)C(C(C)C)C(C(=C)NC)C(C)C. The van der Waals surface area contributed by atoms with Crippen molar-refractivity contribution in [2.45, 2.75) is 48.0 Å². The van der Waals surface area contributed by atoms with Crippen LogP contribution >= 0.6 is 0 Å². The van der Waals surface area contributed by atoms with Crippen LogP contribution in [0.3, 0.4) is 0 Å². The lowest BCUT2D eigenvalue weighted by molar-refractivity contribution is 0.252. The molecule has 0 spiro atoms. The fourth-order valence-electron chi connectivity index (χ4n) is 3.00. The van der Waals surface area contributed by atoms with Crippen LogP contribution in [-0.4, -0.2) is 7.05 Å². The van der Waals surface area contributed by atoms with Crippen LogP contribution in [0, 0.1) is 29.6 Å². The Bertz CT molecular complexity index is 273. The summed E-state index contributed by atoms with van der Waals surface area (Å²) in [6.45, 7) is 22.3. The van der Waals surface area contributed by atoms with Gasteiger partial charge in [0, 0.05) is 18.7 Å². The first-order valence-corrected chi connectivity index (χ1v) is 7.26. The minimum Gasteiger partial charge on any atom is -0.392 e. The summed E-state index contributed by atoms with van der Waals surface area (Å²) in [6.07, 6.45) is 1.11. The first kappa shape index (κ1) is 17.3. The Morgan fingerprint density at radius 2 is 1.33 bits per heavy atom. The molecule has 0 aliphatic carbocycles. The molecule has 18 heavy (non-hydrogen) atoms. The molecule has 0 rings (SSSR count). The number of nitrogens with one attached hydrogen (secondary N) is 1. The largest absolute Gasteiger partial charge is 0.392 e. The Kier molecular flexibility index (Phi) is 7.35. The van der Waals surface area contributed by atoms with E-state index in [1.165, 1.54) is 5.57 Å². The lowest BCUT2D eigenvalue weighted by atomic mass is 9.70. The van der Waals surface area contributed by atoms with E-state index in [1.807, 2.05) is 7.05 Å². The molecule has 0 aliphatic rings. The summed E-state index contributed by atoms with van der Waals surface area (Å²) in [7, 11) is 1.97. The predicted molar refractivity (Wildman–Crippen MR) is 83.5 cm³/mol. The number of hydrogen-bond donors (Lipinski definition) is 1. The van der Waals surface area contributed by atoms with Crippen molar-refractivity contribution in [2.75, 3.05) is 7.05 Å². The van der Waals surface area contributed by atoms with Gasteiger partial charge in [-0.15, -0.1) is 0 Å². The van der Waals surface area contributed by atoms with Gasteiger partial charge >= 0.3 is 0 Å². The maximum atomic E-state index is 4.37. The molecule has 1 nitrogen and oxygen atoms in total. The Hall–Kier alpha value is -0.720. The van der Waals surface area contributed by atoms with Gasteiger partial charge in [-0.2, -0.15) is 0 Å².